The molecule has 0 saturated carbocycles. The first-order valence-electron chi connectivity index (χ1n) is 8.29. The zero-order chi connectivity index (χ0) is 18.7. The lowest BCUT2D eigenvalue weighted by atomic mass is 9.93. The summed E-state index contributed by atoms with van der Waals surface area (Å²) in [4.78, 5) is 26.2. The molecule has 26 heavy (non-hydrogen) atoms. The molecule has 3 rings (SSSR count). The predicted molar refractivity (Wildman–Crippen MR) is 93.5 cm³/mol. The highest BCUT2D eigenvalue weighted by molar-refractivity contribution is 5.94. The van der Waals surface area contributed by atoms with E-state index in [2.05, 4.69) is 5.32 Å². The van der Waals surface area contributed by atoms with E-state index in [0.717, 1.165) is 11.6 Å². The van der Waals surface area contributed by atoms with Gasteiger partial charge in [-0.05, 0) is 23.8 Å². The van der Waals surface area contributed by atoms with Crippen LogP contribution in [0.4, 0.5) is 4.39 Å². The number of carbonyl (C=O) groups excluding carboxylic acids is 2. The van der Waals surface area contributed by atoms with Crippen molar-refractivity contribution < 1.29 is 14.0 Å². The Hall–Kier alpha value is -3.20. The van der Waals surface area contributed by atoms with E-state index in [9.17, 15) is 14.0 Å². The van der Waals surface area contributed by atoms with Gasteiger partial charge < -0.3 is 10.2 Å². The van der Waals surface area contributed by atoms with Crippen LogP contribution in [-0.2, 0) is 4.79 Å². The molecule has 2 aromatic carbocycles. The molecule has 0 aromatic heterocycles. The van der Waals surface area contributed by atoms with Crippen molar-refractivity contribution in [1.82, 2.24) is 10.2 Å². The number of hydrogen-bond donors (Lipinski definition) is 1. The van der Waals surface area contributed by atoms with Gasteiger partial charge in [-0.2, -0.15) is 5.26 Å². The topological polar surface area (TPSA) is 73.2 Å². The van der Waals surface area contributed by atoms with Gasteiger partial charge in [0.05, 0.1) is 11.6 Å². The molecule has 0 radical (unpaired) electrons. The maximum atomic E-state index is 13.4. The minimum Gasteiger partial charge on any atom is -0.352 e. The van der Waals surface area contributed by atoms with Crippen molar-refractivity contribution >= 4 is 11.8 Å². The van der Waals surface area contributed by atoms with Crippen LogP contribution in [0.15, 0.2) is 48.5 Å². The third-order valence-electron chi connectivity index (χ3n) is 4.71. The fraction of sp³-hybridized carbons (Fsp3) is 0.250. The fourth-order valence-electron chi connectivity index (χ4n) is 3.36. The highest BCUT2D eigenvalue weighted by Gasteiger charge is 2.38. The van der Waals surface area contributed by atoms with Gasteiger partial charge in [-0.25, -0.2) is 4.39 Å². The molecule has 0 spiro atoms. The number of likely N-dealkylation sites (tertiary alicyclic amines) is 1. The number of halogens is 1. The summed E-state index contributed by atoms with van der Waals surface area (Å²) < 4.78 is 13.4. The number of nitrogens with zero attached hydrogens (tertiary/aromatic N) is 2. The third-order valence-corrected chi connectivity index (χ3v) is 4.71. The zero-order valence-electron chi connectivity index (χ0n) is 14.3. The molecule has 1 N–H and O–H groups in total. The van der Waals surface area contributed by atoms with Gasteiger partial charge in [-0.3, -0.25) is 9.59 Å². The van der Waals surface area contributed by atoms with Crippen molar-refractivity contribution in [3.63, 3.8) is 0 Å². The van der Waals surface area contributed by atoms with Crippen LogP contribution < -0.4 is 5.32 Å². The van der Waals surface area contributed by atoms with E-state index in [0.29, 0.717) is 13.0 Å². The smallest absolute Gasteiger partial charge is 0.251 e. The highest BCUT2D eigenvalue weighted by Crippen LogP contribution is 2.36. The summed E-state index contributed by atoms with van der Waals surface area (Å²) in [5, 5.41) is 11.7. The van der Waals surface area contributed by atoms with Crippen LogP contribution in [0.3, 0.4) is 0 Å². The van der Waals surface area contributed by atoms with E-state index in [4.69, 9.17) is 5.26 Å². The minimum absolute atomic E-state index is 0.0339. The van der Waals surface area contributed by atoms with E-state index in [1.165, 1.54) is 12.1 Å². The normalized spacial score (nSPS) is 19.3. The molecule has 5 nitrogen and oxygen atoms in total. The molecule has 0 bridgehead atoms. The summed E-state index contributed by atoms with van der Waals surface area (Å²) in [5.74, 6) is -1.08. The molecule has 2 amide bonds. The van der Waals surface area contributed by atoms with Crippen LogP contribution in [0, 0.1) is 23.1 Å². The van der Waals surface area contributed by atoms with Crippen molar-refractivity contribution in [2.45, 2.75) is 12.5 Å². The standard InChI is InChI=1S/C20H18FN3O2/c1-24-18(25)10-16(19(24)13-5-3-2-4-6-13)12-23-20(26)14-7-8-17(21)15(9-14)11-22/h2-9,16,19H,10,12H2,1H3,(H,23,26)/t16-,19-/m0/s1. The van der Waals surface area contributed by atoms with Gasteiger partial charge in [0.2, 0.25) is 5.91 Å². The number of hydrogen-bond acceptors (Lipinski definition) is 3. The average Bonchev–Trinajstić information content (AvgIpc) is 2.94. The number of nitriles is 1. The molecular weight excluding hydrogens is 333 g/mol. The first kappa shape index (κ1) is 17.6. The lowest BCUT2D eigenvalue weighted by molar-refractivity contribution is -0.127. The van der Waals surface area contributed by atoms with Gasteiger partial charge in [-0.15, -0.1) is 0 Å². The number of carbonyl (C=O) groups is 2. The SMILES string of the molecule is CN1C(=O)C[C@@H](CNC(=O)c2ccc(F)c(C#N)c2)[C@@H]1c1ccccc1. The maximum Gasteiger partial charge on any atom is 0.251 e. The molecular formula is C20H18FN3O2. The van der Waals surface area contributed by atoms with E-state index in [-0.39, 0.29) is 29.0 Å². The molecule has 6 heteroatoms. The summed E-state index contributed by atoms with van der Waals surface area (Å²) in [6, 6.07) is 15.0. The highest BCUT2D eigenvalue weighted by atomic mass is 19.1. The molecule has 0 unspecified atom stereocenters. The average molecular weight is 351 g/mol. The van der Waals surface area contributed by atoms with Crippen LogP contribution in [0.25, 0.3) is 0 Å². The largest absolute Gasteiger partial charge is 0.352 e. The second kappa shape index (κ2) is 7.36. The Morgan fingerprint density at radius 1 is 1.31 bits per heavy atom. The van der Waals surface area contributed by atoms with E-state index in [1.54, 1.807) is 18.0 Å². The fourth-order valence-corrected chi connectivity index (χ4v) is 3.36. The second-order valence-electron chi connectivity index (χ2n) is 6.34. The van der Waals surface area contributed by atoms with Gasteiger partial charge in [0, 0.05) is 31.5 Å². The lowest BCUT2D eigenvalue weighted by Crippen LogP contribution is -2.32. The predicted octanol–water partition coefficient (Wildman–Crippen LogP) is 2.65. The maximum absolute atomic E-state index is 13.4. The van der Waals surface area contributed by atoms with Crippen LogP contribution in [-0.4, -0.2) is 30.3 Å². The number of rotatable bonds is 4. The number of benzene rings is 2. The van der Waals surface area contributed by atoms with Crippen LogP contribution in [0.1, 0.15) is 33.9 Å². The number of amides is 2. The monoisotopic (exact) mass is 351 g/mol. The molecule has 1 heterocycles. The quantitative estimate of drug-likeness (QED) is 0.920. The molecule has 0 aliphatic carbocycles. The lowest BCUT2D eigenvalue weighted by Gasteiger charge is -2.25. The summed E-state index contributed by atoms with van der Waals surface area (Å²) in [7, 11) is 1.76. The molecule has 2 aromatic rings. The Bertz CT molecular complexity index is 876. The summed E-state index contributed by atoms with van der Waals surface area (Å²) >= 11 is 0. The van der Waals surface area contributed by atoms with Crippen LogP contribution in [0.5, 0.6) is 0 Å². The zero-order valence-corrected chi connectivity index (χ0v) is 14.3. The summed E-state index contributed by atoms with van der Waals surface area (Å²) in [6.45, 7) is 0.313. The Morgan fingerprint density at radius 3 is 2.73 bits per heavy atom. The van der Waals surface area contributed by atoms with Crippen molar-refractivity contribution in [3.8, 4) is 6.07 Å². The number of nitrogens with one attached hydrogen (secondary N) is 1. The van der Waals surface area contributed by atoms with Gasteiger partial charge >= 0.3 is 0 Å². The molecule has 1 fully saturated rings. The molecule has 1 aliphatic heterocycles. The van der Waals surface area contributed by atoms with Crippen LogP contribution in [0.2, 0.25) is 0 Å². The Balaban J connectivity index is 1.73. The molecule has 1 saturated heterocycles. The van der Waals surface area contributed by atoms with Crippen molar-refractivity contribution in [2.24, 2.45) is 5.92 Å². The molecule has 2 atom stereocenters. The summed E-state index contributed by atoms with van der Waals surface area (Å²) in [6.07, 6.45) is 0.350. The van der Waals surface area contributed by atoms with Gasteiger partial charge in [0.25, 0.3) is 5.91 Å². The minimum atomic E-state index is -0.656. The summed E-state index contributed by atoms with van der Waals surface area (Å²) in [5.41, 5.74) is 1.07. The first-order valence-corrected chi connectivity index (χ1v) is 8.29. The van der Waals surface area contributed by atoms with Crippen LogP contribution >= 0.6 is 0 Å². The first-order chi connectivity index (χ1) is 12.5. The second-order valence-corrected chi connectivity index (χ2v) is 6.34. The van der Waals surface area contributed by atoms with Gasteiger partial charge in [0.15, 0.2) is 0 Å². The Labute approximate surface area is 151 Å². The van der Waals surface area contributed by atoms with Gasteiger partial charge in [0.1, 0.15) is 11.9 Å². The van der Waals surface area contributed by atoms with E-state index in [1.807, 2.05) is 30.3 Å². The van der Waals surface area contributed by atoms with E-state index < -0.39 is 11.7 Å². The van der Waals surface area contributed by atoms with E-state index >= 15 is 0 Å². The third kappa shape index (κ3) is 3.42. The Kier molecular flexibility index (Phi) is 4.99. The molecule has 1 aliphatic rings. The molecule has 132 valence electrons. The van der Waals surface area contributed by atoms with Crippen molar-refractivity contribution in [3.05, 3.63) is 71.0 Å². The van der Waals surface area contributed by atoms with Gasteiger partial charge in [-0.1, -0.05) is 30.3 Å². The Morgan fingerprint density at radius 2 is 2.04 bits per heavy atom. The van der Waals surface area contributed by atoms with Crippen molar-refractivity contribution in [2.75, 3.05) is 13.6 Å². The van der Waals surface area contributed by atoms with Crippen molar-refractivity contribution in [1.29, 1.82) is 5.26 Å².